The summed E-state index contributed by atoms with van der Waals surface area (Å²) in [6.45, 7) is 11.1. The van der Waals surface area contributed by atoms with Crippen LogP contribution in [0.15, 0.2) is 58.5 Å². The van der Waals surface area contributed by atoms with E-state index < -0.39 is 113 Å². The summed E-state index contributed by atoms with van der Waals surface area (Å²) in [7, 11) is 0. The van der Waals surface area contributed by atoms with Gasteiger partial charge < -0.3 is 86.7 Å². The largest absolute Gasteiger partial charge is 0.508 e. The maximum atomic E-state index is 14.7. The van der Waals surface area contributed by atoms with Crippen LogP contribution in [0.2, 0.25) is 0 Å². The molecule has 1 fully saturated rings. The number of benzene rings is 2. The zero-order valence-electron chi connectivity index (χ0n) is 49.0. The van der Waals surface area contributed by atoms with E-state index in [4.69, 9.17) is 34.4 Å². The Kier molecular flexibility index (Phi) is 29.6. The molecule has 11 atom stereocenters. The van der Waals surface area contributed by atoms with Gasteiger partial charge in [-0.2, -0.15) is 12.6 Å². The first-order chi connectivity index (χ1) is 39.7. The fourth-order valence-corrected chi connectivity index (χ4v) is 9.43. The van der Waals surface area contributed by atoms with Crippen LogP contribution in [-0.4, -0.2) is 160 Å². The molecule has 0 spiro atoms. The number of carbonyl (C=O) groups is 9. The number of aromatic hydroxyl groups is 2. The molecule has 466 valence electrons. The molecule has 2 aromatic carbocycles. The Hall–Kier alpha value is -7.88. The summed E-state index contributed by atoms with van der Waals surface area (Å²) >= 11 is 4.32. The van der Waals surface area contributed by atoms with Crippen molar-refractivity contribution in [2.45, 2.75) is 167 Å². The molecular formula is C56H90N16O11S. The monoisotopic (exact) mass is 1190 g/mol. The molecule has 1 heterocycles. The molecule has 0 bridgehead atoms. The number of phenols is 2. The third-order valence-corrected chi connectivity index (χ3v) is 14.9. The summed E-state index contributed by atoms with van der Waals surface area (Å²) in [5, 5.41) is 38.9. The van der Waals surface area contributed by atoms with Gasteiger partial charge in [-0.15, -0.1) is 0 Å². The van der Waals surface area contributed by atoms with Crippen LogP contribution in [0.5, 0.6) is 11.5 Å². The van der Waals surface area contributed by atoms with Crippen LogP contribution in [0.25, 0.3) is 0 Å². The fourth-order valence-electron chi connectivity index (χ4n) is 9.19. The second kappa shape index (κ2) is 35.3. The Morgan fingerprint density at radius 2 is 1.01 bits per heavy atom. The van der Waals surface area contributed by atoms with E-state index >= 15 is 0 Å². The number of primary amides is 1. The molecule has 28 heteroatoms. The molecule has 2 aromatic rings. The standard InChI is InChI=1S/C56H90N16O11S/c1-7-31(5)44(57)52(81)70-42(29-84)54(83)72-25-11-14-43(72)51(80)71-45(32(6)8-2)53(82)69-41(28-34-17-21-36(74)22-18-34)50(79)66-38(13-10-24-64-56(61)62)48(77)68-40(26-30(3)4)49(78)65-37(12-9-23-63-55(59)60)47(76)67-39(46(58)75)27-33-15-19-35(73)20-16-33/h15-22,30-32,37-45,73-74,84H,7-14,23-29,57H2,1-6H3,(H2,58,75)(H,65,78)(H,66,79)(H,67,76)(H,68,77)(H,69,82)(H,70,81)(H,71,80)(H4,59,60,63)(H4,61,62,64)/t31-,32-,37-,38-,39-,40-,41-,42-,43-,44-,45-/m0/s1. The maximum Gasteiger partial charge on any atom is 0.246 e. The predicted octanol–water partition coefficient (Wildman–Crippen LogP) is -1.74. The number of nitrogens with one attached hydrogen (secondary N) is 7. The van der Waals surface area contributed by atoms with Gasteiger partial charge in [0.15, 0.2) is 11.9 Å². The van der Waals surface area contributed by atoms with Gasteiger partial charge in [-0.1, -0.05) is 78.6 Å². The second-order valence-electron chi connectivity index (χ2n) is 21.7. The number of phenolic OH excluding ortho intramolecular Hbond substituents is 2. The van der Waals surface area contributed by atoms with Crippen molar-refractivity contribution >= 4 is 77.7 Å². The highest BCUT2D eigenvalue weighted by atomic mass is 32.1. The predicted molar refractivity (Wildman–Crippen MR) is 321 cm³/mol. The number of aliphatic imine (C=N–C) groups is 2. The first kappa shape index (κ1) is 70.4. The number of nitrogens with zero attached hydrogens (tertiary/aromatic N) is 3. The van der Waals surface area contributed by atoms with Crippen molar-refractivity contribution in [1.29, 1.82) is 0 Å². The number of amides is 9. The minimum absolute atomic E-state index is 0.0178. The van der Waals surface area contributed by atoms with Gasteiger partial charge in [0.25, 0.3) is 0 Å². The summed E-state index contributed by atoms with van der Waals surface area (Å²) in [6.07, 6.45) is 1.69. The summed E-state index contributed by atoms with van der Waals surface area (Å²) in [4.78, 5) is 135. The van der Waals surface area contributed by atoms with E-state index in [1.54, 1.807) is 39.8 Å². The number of guanidine groups is 2. The quantitative estimate of drug-likeness (QED) is 0.0158. The smallest absolute Gasteiger partial charge is 0.246 e. The Morgan fingerprint density at radius 1 is 0.583 bits per heavy atom. The topological polar surface area (TPSA) is 462 Å². The highest BCUT2D eigenvalue weighted by molar-refractivity contribution is 7.80. The zero-order valence-corrected chi connectivity index (χ0v) is 49.9. The summed E-state index contributed by atoms with van der Waals surface area (Å²) in [5.41, 5.74) is 35.1. The molecule has 0 radical (unpaired) electrons. The van der Waals surface area contributed by atoms with Crippen molar-refractivity contribution in [3.63, 3.8) is 0 Å². The van der Waals surface area contributed by atoms with Crippen LogP contribution in [0.4, 0.5) is 0 Å². The van der Waals surface area contributed by atoms with E-state index in [0.29, 0.717) is 30.4 Å². The van der Waals surface area contributed by atoms with Gasteiger partial charge in [0, 0.05) is 38.2 Å². The first-order valence-electron chi connectivity index (χ1n) is 28.4. The van der Waals surface area contributed by atoms with Gasteiger partial charge >= 0.3 is 0 Å². The number of likely N-dealkylation sites (tertiary alicyclic amines) is 1. The summed E-state index contributed by atoms with van der Waals surface area (Å²) in [6, 6.07) is 0.797. The molecule has 3 rings (SSSR count). The third-order valence-electron chi connectivity index (χ3n) is 14.5. The van der Waals surface area contributed by atoms with Crippen LogP contribution in [0.3, 0.4) is 0 Å². The third kappa shape index (κ3) is 23.4. The van der Waals surface area contributed by atoms with Crippen LogP contribution >= 0.6 is 12.6 Å². The van der Waals surface area contributed by atoms with E-state index in [0.717, 1.165) is 0 Å². The molecule has 84 heavy (non-hydrogen) atoms. The van der Waals surface area contributed by atoms with Crippen LogP contribution < -0.4 is 71.6 Å². The molecule has 0 saturated carbocycles. The van der Waals surface area contributed by atoms with E-state index in [-0.39, 0.29) is 112 Å². The minimum Gasteiger partial charge on any atom is -0.508 e. The Labute approximate surface area is 496 Å². The number of thiol groups is 1. The second-order valence-corrected chi connectivity index (χ2v) is 22.1. The average molecular weight is 1200 g/mol. The molecule has 0 aromatic heterocycles. The lowest BCUT2D eigenvalue weighted by molar-refractivity contribution is -0.142. The van der Waals surface area contributed by atoms with Crippen molar-refractivity contribution in [2.24, 2.45) is 62.1 Å². The summed E-state index contributed by atoms with van der Waals surface area (Å²) < 4.78 is 0. The van der Waals surface area contributed by atoms with Gasteiger partial charge in [-0.3, -0.25) is 53.1 Å². The number of hydrogen-bond acceptors (Lipinski definition) is 15. The molecule has 0 unspecified atom stereocenters. The van der Waals surface area contributed by atoms with Gasteiger partial charge in [0.1, 0.15) is 59.8 Å². The van der Waals surface area contributed by atoms with Crippen LogP contribution in [0, 0.1) is 17.8 Å². The number of hydrogen-bond donors (Lipinski definition) is 16. The Balaban J connectivity index is 1.97. The Bertz CT molecular complexity index is 2580. The molecule has 1 aliphatic rings. The molecule has 1 aliphatic heterocycles. The lowest BCUT2D eigenvalue weighted by Gasteiger charge is -2.32. The van der Waals surface area contributed by atoms with Gasteiger partial charge in [0.05, 0.1) is 6.04 Å². The van der Waals surface area contributed by atoms with Crippen molar-refractivity contribution in [3.05, 3.63) is 59.7 Å². The molecule has 0 aliphatic carbocycles. The van der Waals surface area contributed by atoms with Gasteiger partial charge in [0.2, 0.25) is 53.2 Å². The molecule has 1 saturated heterocycles. The highest BCUT2D eigenvalue weighted by Gasteiger charge is 2.41. The van der Waals surface area contributed by atoms with Gasteiger partial charge in [-0.05, 0) is 98.1 Å². The van der Waals surface area contributed by atoms with E-state index in [1.165, 1.54) is 41.3 Å². The maximum absolute atomic E-state index is 14.7. The fraction of sp³-hybridized carbons (Fsp3) is 0.589. The van der Waals surface area contributed by atoms with Crippen molar-refractivity contribution < 1.29 is 53.4 Å². The van der Waals surface area contributed by atoms with E-state index in [2.05, 4.69) is 59.8 Å². The van der Waals surface area contributed by atoms with Crippen LogP contribution in [-0.2, 0) is 56.0 Å². The van der Waals surface area contributed by atoms with Gasteiger partial charge in [-0.25, -0.2) is 0 Å². The molecule has 27 nitrogen and oxygen atoms in total. The van der Waals surface area contributed by atoms with Crippen molar-refractivity contribution in [3.8, 4) is 11.5 Å². The van der Waals surface area contributed by atoms with Crippen LogP contribution in [0.1, 0.15) is 110 Å². The van der Waals surface area contributed by atoms with Crippen molar-refractivity contribution in [2.75, 3.05) is 25.4 Å². The molecule has 9 amide bonds. The number of nitrogens with two attached hydrogens (primary N) is 6. The summed E-state index contributed by atoms with van der Waals surface area (Å²) in [5.74, 6) is -8.16. The number of carbonyl (C=O) groups excluding carboxylic acids is 9. The zero-order chi connectivity index (χ0) is 62.8. The van der Waals surface area contributed by atoms with E-state index in [9.17, 15) is 53.4 Å². The molecular weight excluding hydrogens is 1100 g/mol. The lowest BCUT2D eigenvalue weighted by atomic mass is 9.96. The lowest BCUT2D eigenvalue weighted by Crippen LogP contribution is -2.61. The number of rotatable bonds is 35. The van der Waals surface area contributed by atoms with E-state index in [1.807, 2.05) is 13.8 Å². The minimum atomic E-state index is -1.43. The Morgan fingerprint density at radius 3 is 1.46 bits per heavy atom. The SMILES string of the molecule is CC[C@H](C)[C@H](N)C(=O)N[C@@H](CS)C(=O)N1CCC[C@H]1C(=O)N[C@H](C(=O)N[C@@H](Cc1ccc(O)cc1)C(=O)N[C@@H](CCCN=C(N)N)C(=O)N[C@@H](CC(C)C)C(=O)N[C@@H](CCCN=C(N)N)C(=O)N[C@@H](Cc1ccc(O)cc1)C(N)=O)[C@@H](C)CC. The normalized spacial score (nSPS) is 16.5. The molecule has 21 N–H and O–H groups in total. The highest BCUT2D eigenvalue weighted by Crippen LogP contribution is 2.22. The first-order valence-corrected chi connectivity index (χ1v) is 29.1. The average Bonchev–Trinajstić information content (AvgIpc) is 4.07. The van der Waals surface area contributed by atoms with Crippen molar-refractivity contribution in [1.82, 2.24) is 42.1 Å².